The number of ether oxygens (including phenoxy) is 3. The van der Waals surface area contributed by atoms with Crippen molar-refractivity contribution in [3.05, 3.63) is 142 Å². The Balaban J connectivity index is 1.17. The van der Waals surface area contributed by atoms with Crippen molar-refractivity contribution in [1.82, 2.24) is 9.97 Å². The highest BCUT2D eigenvalue weighted by Crippen LogP contribution is 2.30. The number of carbonyl (C=O) groups excluding carboxylic acids is 2. The molecule has 51 heavy (non-hydrogen) atoms. The van der Waals surface area contributed by atoms with Crippen LogP contribution in [0.3, 0.4) is 0 Å². The van der Waals surface area contributed by atoms with Crippen molar-refractivity contribution in [2.24, 2.45) is 0 Å². The van der Waals surface area contributed by atoms with Crippen LogP contribution in [-0.2, 0) is 4.74 Å². The molecule has 11 heteroatoms. The summed E-state index contributed by atoms with van der Waals surface area (Å²) in [5.74, 6) is -0.213. The number of carbonyl (C=O) groups is 2. The molecular formula is C40H32BrClN4O5. The first-order valence-corrected chi connectivity index (χ1v) is 17.2. The second-order valence-electron chi connectivity index (χ2n) is 11.1. The van der Waals surface area contributed by atoms with Crippen LogP contribution >= 0.6 is 27.5 Å². The van der Waals surface area contributed by atoms with Crippen molar-refractivity contribution in [2.75, 3.05) is 23.8 Å². The number of pyridine rings is 2. The largest absolute Gasteiger partial charge is 0.494 e. The Labute approximate surface area is 308 Å². The van der Waals surface area contributed by atoms with Crippen molar-refractivity contribution >= 4 is 62.2 Å². The van der Waals surface area contributed by atoms with Crippen LogP contribution in [0.2, 0.25) is 5.02 Å². The third-order valence-corrected chi connectivity index (χ3v) is 8.28. The zero-order valence-electron chi connectivity index (χ0n) is 27.7. The Hall–Kier alpha value is -5.71. The number of nitrogens with zero attached hydrogens (tertiary/aromatic N) is 2. The molecule has 0 bridgehead atoms. The van der Waals surface area contributed by atoms with E-state index in [0.717, 1.165) is 34.0 Å². The summed E-state index contributed by atoms with van der Waals surface area (Å²) in [7, 11) is 0. The van der Waals surface area contributed by atoms with E-state index in [4.69, 9.17) is 25.8 Å². The summed E-state index contributed by atoms with van der Waals surface area (Å²) < 4.78 is 17.3. The number of hydrogen-bond acceptors (Lipinski definition) is 9. The normalized spacial score (nSPS) is 10.7. The minimum Gasteiger partial charge on any atom is -0.494 e. The topological polar surface area (TPSA) is 112 Å². The Morgan fingerprint density at radius 2 is 1.16 bits per heavy atom. The van der Waals surface area contributed by atoms with Gasteiger partial charge in [-0.15, -0.1) is 0 Å². The van der Waals surface area contributed by atoms with Gasteiger partial charge in [-0.05, 0) is 98.8 Å². The van der Waals surface area contributed by atoms with Crippen LogP contribution in [0.4, 0.5) is 22.7 Å². The van der Waals surface area contributed by atoms with Crippen LogP contribution in [0.25, 0.3) is 22.5 Å². The summed E-state index contributed by atoms with van der Waals surface area (Å²) in [5.41, 5.74) is 5.58. The van der Waals surface area contributed by atoms with Gasteiger partial charge in [0.1, 0.15) is 11.5 Å². The molecule has 2 heterocycles. The average molecular weight is 764 g/mol. The maximum absolute atomic E-state index is 13.5. The van der Waals surface area contributed by atoms with Crippen LogP contribution in [0.1, 0.15) is 34.6 Å². The molecule has 4 aromatic carbocycles. The number of anilines is 4. The summed E-state index contributed by atoms with van der Waals surface area (Å²) >= 11 is 9.70. The Kier molecular flexibility index (Phi) is 11.2. The lowest BCUT2D eigenvalue weighted by atomic mass is 10.1. The van der Waals surface area contributed by atoms with E-state index in [2.05, 4.69) is 36.5 Å². The standard InChI is InChI=1S/C40H32BrClN4O5/c1-3-49-31-9-5-7-25(19-31)35-17-13-29(23-43-35)45-37-15-11-27(41)21-33(37)39(47)51-40(48)34-22-28(42)12-16-38(34)46-30-14-18-36(44-24-30)26-8-6-10-32(20-26)50-4-2/h5-24,45-46H,3-4H2,1-2H3. The minimum absolute atomic E-state index is 0.0713. The molecule has 0 saturated carbocycles. The van der Waals surface area contributed by atoms with E-state index in [0.29, 0.717) is 45.5 Å². The molecule has 0 radical (unpaired) electrons. The highest BCUT2D eigenvalue weighted by molar-refractivity contribution is 9.10. The van der Waals surface area contributed by atoms with Gasteiger partial charge in [0.15, 0.2) is 0 Å². The zero-order valence-corrected chi connectivity index (χ0v) is 30.0. The number of nitrogens with one attached hydrogen (secondary N) is 2. The SMILES string of the molecule is CCOc1cccc(-c2ccc(Nc3ccc(Cl)cc3C(=O)OC(=O)c3cc(Br)ccc3Nc3ccc(-c4cccc(OCC)c4)nc3)cn2)c1. The quantitative estimate of drug-likeness (QED) is 0.0929. The molecule has 0 atom stereocenters. The van der Waals surface area contributed by atoms with Gasteiger partial charge in [0.2, 0.25) is 0 Å². The molecule has 6 rings (SSSR count). The maximum atomic E-state index is 13.5. The molecule has 0 aliphatic rings. The van der Waals surface area contributed by atoms with Gasteiger partial charge in [0, 0.05) is 20.6 Å². The molecule has 0 amide bonds. The molecule has 0 fully saturated rings. The van der Waals surface area contributed by atoms with E-state index in [1.54, 1.807) is 42.7 Å². The van der Waals surface area contributed by atoms with Gasteiger partial charge in [-0.1, -0.05) is 51.8 Å². The van der Waals surface area contributed by atoms with Crippen LogP contribution in [0, 0.1) is 0 Å². The lowest BCUT2D eigenvalue weighted by Crippen LogP contribution is -2.15. The van der Waals surface area contributed by atoms with Gasteiger partial charge >= 0.3 is 11.9 Å². The molecule has 0 aliphatic heterocycles. The zero-order chi connectivity index (χ0) is 35.7. The van der Waals surface area contributed by atoms with Gasteiger partial charge in [0.25, 0.3) is 0 Å². The molecule has 0 saturated heterocycles. The number of halogens is 2. The van der Waals surface area contributed by atoms with Crippen molar-refractivity contribution < 1.29 is 23.8 Å². The first-order valence-electron chi connectivity index (χ1n) is 16.1. The first-order chi connectivity index (χ1) is 24.8. The first kappa shape index (κ1) is 35.1. The molecule has 6 aromatic rings. The van der Waals surface area contributed by atoms with Crippen molar-refractivity contribution in [2.45, 2.75) is 13.8 Å². The molecule has 0 aliphatic carbocycles. The summed E-state index contributed by atoms with van der Waals surface area (Å²) in [6.45, 7) is 5.00. The number of aromatic nitrogens is 2. The summed E-state index contributed by atoms with van der Waals surface area (Å²) in [4.78, 5) is 36.1. The van der Waals surface area contributed by atoms with E-state index in [1.165, 1.54) is 6.07 Å². The average Bonchev–Trinajstić information content (AvgIpc) is 3.14. The lowest BCUT2D eigenvalue weighted by molar-refractivity contribution is 0.0399. The third-order valence-electron chi connectivity index (χ3n) is 7.56. The predicted molar refractivity (Wildman–Crippen MR) is 204 cm³/mol. The van der Waals surface area contributed by atoms with Gasteiger partial charge < -0.3 is 24.8 Å². The predicted octanol–water partition coefficient (Wildman–Crippen LogP) is 10.5. The molecular weight excluding hydrogens is 732 g/mol. The fraction of sp³-hybridized carbons (Fsp3) is 0.100. The van der Waals surface area contributed by atoms with Crippen LogP contribution in [0.5, 0.6) is 11.5 Å². The van der Waals surface area contributed by atoms with Gasteiger partial charge in [-0.25, -0.2) is 9.59 Å². The minimum atomic E-state index is -0.881. The Morgan fingerprint density at radius 3 is 1.65 bits per heavy atom. The summed E-state index contributed by atoms with van der Waals surface area (Å²) in [6, 6.07) is 32.5. The molecule has 2 N–H and O–H groups in total. The van der Waals surface area contributed by atoms with E-state index in [1.807, 2.05) is 86.6 Å². The number of benzene rings is 4. The van der Waals surface area contributed by atoms with Crippen LogP contribution < -0.4 is 20.1 Å². The molecule has 2 aromatic heterocycles. The van der Waals surface area contributed by atoms with Crippen LogP contribution in [-0.4, -0.2) is 35.1 Å². The van der Waals surface area contributed by atoms with Gasteiger partial charge in [-0.3, -0.25) is 9.97 Å². The fourth-order valence-electron chi connectivity index (χ4n) is 5.19. The van der Waals surface area contributed by atoms with Gasteiger partial charge in [-0.2, -0.15) is 0 Å². The number of hydrogen-bond donors (Lipinski definition) is 2. The fourth-order valence-corrected chi connectivity index (χ4v) is 5.73. The Bertz CT molecular complexity index is 2020. The Morgan fingerprint density at radius 1 is 0.647 bits per heavy atom. The molecule has 256 valence electrons. The molecule has 0 spiro atoms. The third kappa shape index (κ3) is 8.91. The summed E-state index contributed by atoms with van der Waals surface area (Å²) in [5, 5.41) is 6.71. The van der Waals surface area contributed by atoms with Crippen molar-refractivity contribution in [1.29, 1.82) is 0 Å². The van der Waals surface area contributed by atoms with Crippen LogP contribution in [0.15, 0.2) is 126 Å². The lowest BCUT2D eigenvalue weighted by Gasteiger charge is -2.14. The highest BCUT2D eigenvalue weighted by atomic mass is 79.9. The second-order valence-corrected chi connectivity index (χ2v) is 12.4. The van der Waals surface area contributed by atoms with E-state index < -0.39 is 11.9 Å². The van der Waals surface area contributed by atoms with E-state index >= 15 is 0 Å². The molecule has 0 unspecified atom stereocenters. The summed E-state index contributed by atoms with van der Waals surface area (Å²) in [6.07, 6.45) is 3.31. The second kappa shape index (κ2) is 16.3. The van der Waals surface area contributed by atoms with Crippen molar-refractivity contribution in [3.63, 3.8) is 0 Å². The van der Waals surface area contributed by atoms with Gasteiger partial charge in [0.05, 0.1) is 70.9 Å². The van der Waals surface area contributed by atoms with E-state index in [-0.39, 0.29) is 11.1 Å². The van der Waals surface area contributed by atoms with Crippen molar-refractivity contribution in [3.8, 4) is 34.0 Å². The maximum Gasteiger partial charge on any atom is 0.348 e. The van der Waals surface area contributed by atoms with E-state index in [9.17, 15) is 9.59 Å². The number of esters is 2. The number of rotatable bonds is 12. The smallest absolute Gasteiger partial charge is 0.348 e. The monoisotopic (exact) mass is 762 g/mol. The molecule has 9 nitrogen and oxygen atoms in total. The highest BCUT2D eigenvalue weighted by Gasteiger charge is 2.22.